The number of nitrogens with one attached hydrogen (secondary N) is 2. The first-order valence-corrected chi connectivity index (χ1v) is 5.50. The van der Waals surface area contributed by atoms with E-state index in [2.05, 4.69) is 15.5 Å². The van der Waals surface area contributed by atoms with Crippen molar-refractivity contribution in [3.8, 4) is 0 Å². The number of aromatic nitrogens is 2. The molecular weight excluding hydrogens is 234 g/mol. The Bertz CT molecular complexity index is 591. The Morgan fingerprint density at radius 2 is 2.17 bits per heavy atom. The van der Waals surface area contributed by atoms with Gasteiger partial charge in [-0.2, -0.15) is 5.10 Å². The molecule has 1 aromatic heterocycles. The zero-order valence-electron chi connectivity index (χ0n) is 9.80. The van der Waals surface area contributed by atoms with Crippen molar-refractivity contribution in [1.29, 1.82) is 0 Å². The van der Waals surface area contributed by atoms with E-state index < -0.39 is 12.0 Å². The van der Waals surface area contributed by atoms with Crippen molar-refractivity contribution in [3.05, 3.63) is 30.0 Å². The highest BCUT2D eigenvalue weighted by atomic mass is 16.4. The molecule has 0 aliphatic carbocycles. The number of nitrogens with zero attached hydrogens (tertiary/aromatic N) is 1. The molecule has 0 fully saturated rings. The van der Waals surface area contributed by atoms with E-state index in [1.807, 2.05) is 24.3 Å². The molecule has 0 aliphatic heterocycles. The van der Waals surface area contributed by atoms with E-state index in [1.54, 1.807) is 0 Å². The van der Waals surface area contributed by atoms with E-state index in [4.69, 9.17) is 5.11 Å². The summed E-state index contributed by atoms with van der Waals surface area (Å²) >= 11 is 0. The quantitative estimate of drug-likeness (QED) is 0.741. The lowest BCUT2D eigenvalue weighted by molar-refractivity contribution is -0.141. The predicted molar refractivity (Wildman–Crippen MR) is 65.0 cm³/mol. The van der Waals surface area contributed by atoms with Crippen LogP contribution in [0, 0.1) is 0 Å². The number of H-pyrrole nitrogens is 1. The Balaban J connectivity index is 2.26. The van der Waals surface area contributed by atoms with Crippen LogP contribution >= 0.6 is 0 Å². The van der Waals surface area contributed by atoms with Crippen LogP contribution in [-0.4, -0.2) is 33.2 Å². The third kappa shape index (κ3) is 2.48. The maximum Gasteiger partial charge on any atom is 0.326 e. The summed E-state index contributed by atoms with van der Waals surface area (Å²) in [6, 6.07) is 6.46. The summed E-state index contributed by atoms with van der Waals surface area (Å²) in [5, 5.41) is 19.2. The molecular formula is C12H13N3O3. The fourth-order valence-corrected chi connectivity index (χ4v) is 1.82. The average molecular weight is 247 g/mol. The van der Waals surface area contributed by atoms with Gasteiger partial charge >= 0.3 is 5.97 Å². The van der Waals surface area contributed by atoms with Crippen LogP contribution in [0.25, 0.3) is 10.9 Å². The van der Waals surface area contributed by atoms with Crippen molar-refractivity contribution in [3.63, 3.8) is 0 Å². The van der Waals surface area contributed by atoms with Gasteiger partial charge in [0.2, 0.25) is 5.91 Å². The number of amides is 1. The number of carbonyl (C=O) groups is 2. The number of rotatable bonds is 4. The van der Waals surface area contributed by atoms with Crippen molar-refractivity contribution in [2.24, 2.45) is 0 Å². The van der Waals surface area contributed by atoms with Gasteiger partial charge in [-0.1, -0.05) is 18.2 Å². The lowest BCUT2D eigenvalue weighted by Crippen LogP contribution is -2.41. The van der Waals surface area contributed by atoms with Gasteiger partial charge in [0.15, 0.2) is 0 Å². The summed E-state index contributed by atoms with van der Waals surface area (Å²) in [6.07, 6.45) is 0.176. The molecule has 3 N–H and O–H groups in total. The smallest absolute Gasteiger partial charge is 0.326 e. The Morgan fingerprint density at radius 3 is 2.83 bits per heavy atom. The largest absolute Gasteiger partial charge is 0.480 e. The lowest BCUT2D eigenvalue weighted by Gasteiger charge is -2.12. The van der Waals surface area contributed by atoms with Gasteiger partial charge in [-0.25, -0.2) is 4.79 Å². The van der Waals surface area contributed by atoms with E-state index in [0.717, 1.165) is 10.9 Å². The number of benzene rings is 1. The minimum atomic E-state index is -1.07. The van der Waals surface area contributed by atoms with Crippen molar-refractivity contribution in [2.75, 3.05) is 0 Å². The lowest BCUT2D eigenvalue weighted by atomic mass is 10.1. The van der Waals surface area contributed by atoms with Gasteiger partial charge in [-0.3, -0.25) is 9.89 Å². The average Bonchev–Trinajstić information content (AvgIpc) is 2.71. The monoisotopic (exact) mass is 247 g/mol. The Labute approximate surface area is 103 Å². The molecule has 1 atom stereocenters. The van der Waals surface area contributed by atoms with Crippen LogP contribution < -0.4 is 5.32 Å². The zero-order valence-corrected chi connectivity index (χ0v) is 9.80. The molecule has 0 spiro atoms. The van der Waals surface area contributed by atoms with Gasteiger partial charge in [0, 0.05) is 24.4 Å². The van der Waals surface area contributed by atoms with Crippen LogP contribution in [0.15, 0.2) is 24.3 Å². The Kier molecular flexibility index (Phi) is 3.27. The number of para-hydroxylation sites is 1. The third-order valence-electron chi connectivity index (χ3n) is 2.62. The zero-order chi connectivity index (χ0) is 13.1. The molecule has 1 aromatic carbocycles. The first kappa shape index (κ1) is 12.1. The number of carboxylic acid groups (broad SMARTS) is 1. The highest BCUT2D eigenvalue weighted by Gasteiger charge is 2.20. The summed E-state index contributed by atoms with van der Waals surface area (Å²) in [6.45, 7) is 1.29. The van der Waals surface area contributed by atoms with Crippen LogP contribution in [0.5, 0.6) is 0 Å². The Hall–Kier alpha value is -2.37. The van der Waals surface area contributed by atoms with Crippen LogP contribution in [0.3, 0.4) is 0 Å². The van der Waals surface area contributed by atoms with E-state index in [-0.39, 0.29) is 12.3 Å². The number of carbonyl (C=O) groups excluding carboxylic acids is 1. The minimum Gasteiger partial charge on any atom is -0.480 e. The van der Waals surface area contributed by atoms with Crippen molar-refractivity contribution in [2.45, 2.75) is 19.4 Å². The highest BCUT2D eigenvalue weighted by molar-refractivity contribution is 5.85. The number of hydrogen-bond donors (Lipinski definition) is 3. The first-order chi connectivity index (χ1) is 8.58. The normalized spacial score (nSPS) is 12.3. The number of carboxylic acids is 1. The minimum absolute atomic E-state index is 0.176. The topological polar surface area (TPSA) is 95.1 Å². The molecule has 0 saturated heterocycles. The van der Waals surface area contributed by atoms with Crippen molar-refractivity contribution < 1.29 is 14.7 Å². The number of aliphatic carboxylic acids is 1. The maximum atomic E-state index is 11.0. The molecule has 0 radical (unpaired) electrons. The van der Waals surface area contributed by atoms with Crippen LogP contribution in [0.4, 0.5) is 0 Å². The molecule has 6 heteroatoms. The van der Waals surface area contributed by atoms with Crippen LogP contribution in [0.1, 0.15) is 12.6 Å². The molecule has 6 nitrogen and oxygen atoms in total. The fourth-order valence-electron chi connectivity index (χ4n) is 1.82. The third-order valence-corrected chi connectivity index (χ3v) is 2.62. The summed E-state index contributed by atoms with van der Waals surface area (Å²) in [7, 11) is 0. The maximum absolute atomic E-state index is 11.0. The highest BCUT2D eigenvalue weighted by Crippen LogP contribution is 2.16. The molecule has 1 unspecified atom stereocenters. The van der Waals surface area contributed by atoms with E-state index >= 15 is 0 Å². The van der Waals surface area contributed by atoms with E-state index in [9.17, 15) is 9.59 Å². The fraction of sp³-hybridized carbons (Fsp3) is 0.250. The standard InChI is InChI=1S/C12H13N3O3/c1-7(16)13-11(12(17)18)6-10-8-4-2-3-5-9(8)14-15-10/h2-5,11H,6H2,1H3,(H,13,16)(H,14,15)(H,17,18). The molecule has 0 bridgehead atoms. The molecule has 18 heavy (non-hydrogen) atoms. The second kappa shape index (κ2) is 4.87. The second-order valence-corrected chi connectivity index (χ2v) is 4.01. The van der Waals surface area contributed by atoms with Crippen molar-refractivity contribution >= 4 is 22.8 Å². The van der Waals surface area contributed by atoms with Crippen molar-refractivity contribution in [1.82, 2.24) is 15.5 Å². The van der Waals surface area contributed by atoms with Crippen LogP contribution in [0.2, 0.25) is 0 Å². The van der Waals surface area contributed by atoms with Gasteiger partial charge in [0.1, 0.15) is 6.04 Å². The Morgan fingerprint density at radius 1 is 1.44 bits per heavy atom. The van der Waals surface area contributed by atoms with Crippen LogP contribution in [-0.2, 0) is 16.0 Å². The van der Waals surface area contributed by atoms with Gasteiger partial charge in [0.05, 0.1) is 5.52 Å². The molecule has 94 valence electrons. The van der Waals surface area contributed by atoms with Gasteiger partial charge < -0.3 is 10.4 Å². The van der Waals surface area contributed by atoms with Gasteiger partial charge in [0.25, 0.3) is 0 Å². The summed E-state index contributed by atoms with van der Waals surface area (Å²) in [5.41, 5.74) is 1.48. The molecule has 1 heterocycles. The predicted octanol–water partition coefficient (Wildman–Crippen LogP) is 0.695. The number of hydrogen-bond acceptors (Lipinski definition) is 3. The molecule has 2 rings (SSSR count). The number of aromatic amines is 1. The van der Waals surface area contributed by atoms with E-state index in [1.165, 1.54) is 6.92 Å². The second-order valence-electron chi connectivity index (χ2n) is 4.01. The first-order valence-electron chi connectivity index (χ1n) is 5.50. The van der Waals surface area contributed by atoms with E-state index in [0.29, 0.717) is 5.69 Å². The molecule has 0 aliphatic rings. The molecule has 2 aromatic rings. The molecule has 0 saturated carbocycles. The molecule has 1 amide bonds. The summed E-state index contributed by atoms with van der Waals surface area (Å²) in [5.74, 6) is -1.44. The SMILES string of the molecule is CC(=O)NC(Cc1[nH]nc2ccccc12)C(=O)O. The van der Waals surface area contributed by atoms with Gasteiger partial charge in [-0.15, -0.1) is 0 Å². The van der Waals surface area contributed by atoms with Gasteiger partial charge in [-0.05, 0) is 6.07 Å². The number of fused-ring (bicyclic) bond motifs is 1. The summed E-state index contributed by atoms with van der Waals surface area (Å²) in [4.78, 5) is 22.0. The summed E-state index contributed by atoms with van der Waals surface area (Å²) < 4.78 is 0.